The summed E-state index contributed by atoms with van der Waals surface area (Å²) >= 11 is 0. The van der Waals surface area contributed by atoms with Crippen LogP contribution < -0.4 is 0 Å². The normalized spacial score (nSPS) is 30.3. The van der Waals surface area contributed by atoms with Gasteiger partial charge < -0.3 is 9.94 Å². The van der Waals surface area contributed by atoms with E-state index in [2.05, 4.69) is 5.16 Å². The molecular formula is C8H15NO2. The van der Waals surface area contributed by atoms with Crippen molar-refractivity contribution in [3.05, 3.63) is 0 Å². The number of hydrogen-bond acceptors (Lipinski definition) is 3. The Labute approximate surface area is 67.0 Å². The average Bonchev–Trinajstić information content (AvgIpc) is 2.27. The summed E-state index contributed by atoms with van der Waals surface area (Å²) in [7, 11) is 1.67. The van der Waals surface area contributed by atoms with E-state index in [1.54, 1.807) is 7.11 Å². The fourth-order valence-corrected chi connectivity index (χ4v) is 1.51. The Morgan fingerprint density at radius 2 is 2.27 bits per heavy atom. The highest BCUT2D eigenvalue weighted by Gasteiger charge is 2.18. The molecule has 0 saturated heterocycles. The molecule has 0 aliphatic heterocycles. The van der Waals surface area contributed by atoms with E-state index in [9.17, 15) is 0 Å². The van der Waals surface area contributed by atoms with E-state index in [4.69, 9.17) is 9.94 Å². The zero-order valence-electron chi connectivity index (χ0n) is 6.92. The Balaban J connectivity index is 2.55. The molecule has 0 bridgehead atoms. The monoisotopic (exact) mass is 157 g/mol. The average molecular weight is 157 g/mol. The Morgan fingerprint density at radius 1 is 1.45 bits per heavy atom. The van der Waals surface area contributed by atoms with Gasteiger partial charge in [-0.25, -0.2) is 0 Å². The number of methoxy groups -OCH3 is 1. The van der Waals surface area contributed by atoms with Crippen LogP contribution >= 0.6 is 0 Å². The van der Waals surface area contributed by atoms with Gasteiger partial charge in [-0.3, -0.25) is 0 Å². The summed E-state index contributed by atoms with van der Waals surface area (Å²) in [5.41, 5.74) is 0.810. The fraction of sp³-hybridized carbons (Fsp3) is 0.875. The van der Waals surface area contributed by atoms with Crippen molar-refractivity contribution in [3.8, 4) is 0 Å². The minimum absolute atomic E-state index is 0.0579. The van der Waals surface area contributed by atoms with Gasteiger partial charge in [0.1, 0.15) is 0 Å². The van der Waals surface area contributed by atoms with Crippen LogP contribution in [0.5, 0.6) is 0 Å². The van der Waals surface area contributed by atoms with Crippen molar-refractivity contribution in [2.75, 3.05) is 7.11 Å². The van der Waals surface area contributed by atoms with Crippen LogP contribution in [0, 0.1) is 0 Å². The van der Waals surface area contributed by atoms with E-state index >= 15 is 0 Å². The molecule has 0 aromatic carbocycles. The smallest absolute Gasteiger partial charge is 0.0985 e. The zero-order chi connectivity index (χ0) is 8.10. The summed E-state index contributed by atoms with van der Waals surface area (Å²) in [6.45, 7) is 0. The lowest BCUT2D eigenvalue weighted by Crippen LogP contribution is -2.21. The molecule has 1 aliphatic rings. The number of ether oxygens (including phenoxy) is 1. The lowest BCUT2D eigenvalue weighted by Gasteiger charge is -2.12. The molecule has 0 aromatic rings. The summed E-state index contributed by atoms with van der Waals surface area (Å²) in [5.74, 6) is 0. The number of hydrogen-bond donors (Lipinski definition) is 1. The molecular weight excluding hydrogens is 142 g/mol. The van der Waals surface area contributed by atoms with Gasteiger partial charge in [0.15, 0.2) is 0 Å². The van der Waals surface area contributed by atoms with Crippen molar-refractivity contribution in [1.82, 2.24) is 0 Å². The largest absolute Gasteiger partial charge is 0.411 e. The second kappa shape index (κ2) is 4.34. The second-order valence-electron chi connectivity index (χ2n) is 2.92. The molecule has 64 valence electrons. The van der Waals surface area contributed by atoms with Crippen LogP contribution in [-0.2, 0) is 4.74 Å². The fourth-order valence-electron chi connectivity index (χ4n) is 1.51. The molecule has 0 radical (unpaired) electrons. The standard InChI is InChI=1S/C8H15NO2/c1-11-8-6-4-2-3-5-7(8)9-10/h8,10H,2-6H2,1H3/b9-7-. The Hall–Kier alpha value is -0.570. The molecule has 3 nitrogen and oxygen atoms in total. The first-order valence-electron chi connectivity index (χ1n) is 4.12. The van der Waals surface area contributed by atoms with Gasteiger partial charge in [0.05, 0.1) is 11.8 Å². The lowest BCUT2D eigenvalue weighted by molar-refractivity contribution is 0.143. The molecule has 1 fully saturated rings. The van der Waals surface area contributed by atoms with Crippen LogP contribution in [0.15, 0.2) is 5.16 Å². The van der Waals surface area contributed by atoms with Crippen LogP contribution in [-0.4, -0.2) is 24.1 Å². The van der Waals surface area contributed by atoms with Gasteiger partial charge >= 0.3 is 0 Å². The van der Waals surface area contributed by atoms with E-state index in [1.807, 2.05) is 0 Å². The molecule has 1 N–H and O–H groups in total. The van der Waals surface area contributed by atoms with Crippen LogP contribution in [0.2, 0.25) is 0 Å². The van der Waals surface area contributed by atoms with Crippen LogP contribution in [0.4, 0.5) is 0 Å². The Morgan fingerprint density at radius 3 is 2.91 bits per heavy atom. The maximum absolute atomic E-state index is 8.63. The summed E-state index contributed by atoms with van der Waals surface area (Å²) in [4.78, 5) is 0. The minimum Gasteiger partial charge on any atom is -0.411 e. The van der Waals surface area contributed by atoms with Crippen LogP contribution in [0.1, 0.15) is 32.1 Å². The lowest BCUT2D eigenvalue weighted by atomic mass is 10.1. The van der Waals surface area contributed by atoms with E-state index in [1.165, 1.54) is 12.8 Å². The first kappa shape index (κ1) is 8.53. The predicted molar refractivity (Wildman–Crippen MR) is 43.1 cm³/mol. The Bertz CT molecular complexity index is 145. The quantitative estimate of drug-likeness (QED) is 0.358. The second-order valence-corrected chi connectivity index (χ2v) is 2.92. The van der Waals surface area contributed by atoms with Gasteiger partial charge in [-0.05, 0) is 19.3 Å². The number of rotatable bonds is 1. The van der Waals surface area contributed by atoms with Crippen LogP contribution in [0.25, 0.3) is 0 Å². The maximum Gasteiger partial charge on any atom is 0.0985 e. The molecule has 1 atom stereocenters. The predicted octanol–water partition coefficient (Wildman–Crippen LogP) is 1.80. The highest BCUT2D eigenvalue weighted by atomic mass is 16.5. The molecule has 3 heteroatoms. The topological polar surface area (TPSA) is 41.8 Å². The third-order valence-electron chi connectivity index (χ3n) is 2.18. The van der Waals surface area contributed by atoms with Crippen molar-refractivity contribution in [2.45, 2.75) is 38.2 Å². The van der Waals surface area contributed by atoms with Gasteiger partial charge in [0.2, 0.25) is 0 Å². The molecule has 11 heavy (non-hydrogen) atoms. The highest BCUT2D eigenvalue weighted by Crippen LogP contribution is 2.17. The molecule has 1 aliphatic carbocycles. The first-order chi connectivity index (χ1) is 5.38. The summed E-state index contributed by atoms with van der Waals surface area (Å²) in [6.07, 6.45) is 5.46. The third-order valence-corrected chi connectivity index (χ3v) is 2.18. The zero-order valence-corrected chi connectivity index (χ0v) is 6.92. The van der Waals surface area contributed by atoms with E-state index in [-0.39, 0.29) is 6.10 Å². The molecule has 0 spiro atoms. The first-order valence-corrected chi connectivity index (χ1v) is 4.12. The molecule has 0 aromatic heterocycles. The van der Waals surface area contributed by atoms with Gasteiger partial charge in [-0.15, -0.1) is 0 Å². The molecule has 1 rings (SSSR count). The van der Waals surface area contributed by atoms with Gasteiger partial charge in [-0.2, -0.15) is 0 Å². The number of oxime groups is 1. The summed E-state index contributed by atoms with van der Waals surface area (Å²) in [5, 5.41) is 11.9. The maximum atomic E-state index is 8.63. The number of nitrogens with zero attached hydrogens (tertiary/aromatic N) is 1. The van der Waals surface area contributed by atoms with Crippen molar-refractivity contribution in [3.63, 3.8) is 0 Å². The molecule has 1 unspecified atom stereocenters. The summed E-state index contributed by atoms with van der Waals surface area (Å²) < 4.78 is 5.18. The third kappa shape index (κ3) is 2.19. The summed E-state index contributed by atoms with van der Waals surface area (Å²) in [6, 6.07) is 0. The van der Waals surface area contributed by atoms with Crippen molar-refractivity contribution >= 4 is 5.71 Å². The van der Waals surface area contributed by atoms with E-state index in [0.717, 1.165) is 25.0 Å². The van der Waals surface area contributed by atoms with Gasteiger partial charge in [0, 0.05) is 7.11 Å². The van der Waals surface area contributed by atoms with E-state index < -0.39 is 0 Å². The minimum atomic E-state index is 0.0579. The SMILES string of the molecule is COC1CCCCC/C1=N/O. The molecule has 0 amide bonds. The van der Waals surface area contributed by atoms with Crippen molar-refractivity contribution in [1.29, 1.82) is 0 Å². The Kier molecular flexibility index (Phi) is 3.36. The van der Waals surface area contributed by atoms with Gasteiger partial charge in [0.25, 0.3) is 0 Å². The van der Waals surface area contributed by atoms with Gasteiger partial charge in [-0.1, -0.05) is 18.0 Å². The molecule has 1 saturated carbocycles. The van der Waals surface area contributed by atoms with Crippen molar-refractivity contribution < 1.29 is 9.94 Å². The van der Waals surface area contributed by atoms with Crippen molar-refractivity contribution in [2.24, 2.45) is 5.16 Å². The molecule has 0 heterocycles. The van der Waals surface area contributed by atoms with E-state index in [0.29, 0.717) is 0 Å². The van der Waals surface area contributed by atoms with Crippen LogP contribution in [0.3, 0.4) is 0 Å². The highest BCUT2D eigenvalue weighted by molar-refractivity contribution is 5.88.